The highest BCUT2D eigenvalue weighted by Gasteiger charge is 2.23. The molecule has 0 spiro atoms. The smallest absolute Gasteiger partial charge is 0.0704 e. The first-order valence-electron chi connectivity index (χ1n) is 7.57. The maximum atomic E-state index is 4.44. The number of rotatable bonds is 5. The molecule has 0 aliphatic rings. The Hall–Kier alpha value is -1.41. The molecular formula is C18H26N2. The molecule has 20 heavy (non-hydrogen) atoms. The minimum Gasteiger partial charge on any atom is -0.314 e. The predicted molar refractivity (Wildman–Crippen MR) is 87.0 cm³/mol. The van der Waals surface area contributed by atoms with Gasteiger partial charge in [0.1, 0.15) is 0 Å². The van der Waals surface area contributed by atoms with Crippen molar-refractivity contribution < 1.29 is 0 Å². The van der Waals surface area contributed by atoms with Crippen molar-refractivity contribution in [1.82, 2.24) is 10.3 Å². The molecule has 0 saturated heterocycles. The number of nitrogens with zero attached hydrogens (tertiary/aromatic N) is 1. The van der Waals surface area contributed by atoms with Crippen LogP contribution in [0.15, 0.2) is 36.5 Å². The van der Waals surface area contributed by atoms with Gasteiger partial charge in [-0.3, -0.25) is 4.98 Å². The van der Waals surface area contributed by atoms with E-state index in [1.165, 1.54) is 10.9 Å². The molecule has 1 aromatic carbocycles. The molecule has 0 aliphatic heterocycles. The average Bonchev–Trinajstić information content (AvgIpc) is 2.42. The van der Waals surface area contributed by atoms with Crippen LogP contribution in [-0.4, -0.2) is 17.6 Å². The molecule has 1 aromatic heterocycles. The molecule has 0 bridgehead atoms. The summed E-state index contributed by atoms with van der Waals surface area (Å²) in [6, 6.07) is 11.3. The summed E-state index contributed by atoms with van der Waals surface area (Å²) in [5.74, 6) is 0. The third-order valence-electron chi connectivity index (χ3n) is 3.89. The molecule has 2 aromatic rings. The summed E-state index contributed by atoms with van der Waals surface area (Å²) in [6.45, 7) is 10.1. The summed E-state index contributed by atoms with van der Waals surface area (Å²) in [4.78, 5) is 4.44. The Balaban J connectivity index is 2.07. The lowest BCUT2D eigenvalue weighted by Crippen LogP contribution is -2.40. The second-order valence-electron chi connectivity index (χ2n) is 6.55. The highest BCUT2D eigenvalue weighted by molar-refractivity contribution is 5.78. The van der Waals surface area contributed by atoms with Crippen molar-refractivity contribution >= 4 is 10.9 Å². The number of hydrogen-bond acceptors (Lipinski definition) is 2. The quantitative estimate of drug-likeness (QED) is 0.881. The van der Waals surface area contributed by atoms with E-state index in [1.54, 1.807) is 0 Å². The zero-order valence-corrected chi connectivity index (χ0v) is 13.1. The fraction of sp³-hybridized carbons (Fsp3) is 0.500. The van der Waals surface area contributed by atoms with Gasteiger partial charge in [-0.05, 0) is 42.5 Å². The van der Waals surface area contributed by atoms with Gasteiger partial charge in [0.05, 0.1) is 5.52 Å². The normalized spacial score (nSPS) is 13.6. The van der Waals surface area contributed by atoms with Crippen molar-refractivity contribution in [2.24, 2.45) is 5.41 Å². The van der Waals surface area contributed by atoms with Crippen molar-refractivity contribution in [3.8, 4) is 0 Å². The van der Waals surface area contributed by atoms with Gasteiger partial charge in [0.25, 0.3) is 0 Å². The molecule has 1 N–H and O–H groups in total. The van der Waals surface area contributed by atoms with Gasteiger partial charge in [-0.2, -0.15) is 0 Å². The SMILES string of the molecule is CCNC(CCc1ccc2cccnc2c1)C(C)(C)C. The summed E-state index contributed by atoms with van der Waals surface area (Å²) in [7, 11) is 0. The van der Waals surface area contributed by atoms with Gasteiger partial charge < -0.3 is 5.32 Å². The Bertz CT molecular complexity index is 555. The summed E-state index contributed by atoms with van der Waals surface area (Å²) in [5.41, 5.74) is 2.77. The van der Waals surface area contributed by atoms with Crippen LogP contribution in [0.2, 0.25) is 0 Å². The van der Waals surface area contributed by atoms with Crippen molar-refractivity contribution in [3.63, 3.8) is 0 Å². The van der Waals surface area contributed by atoms with Crippen LogP contribution in [0, 0.1) is 5.41 Å². The molecule has 0 amide bonds. The second kappa shape index (κ2) is 6.36. The summed E-state index contributed by atoms with van der Waals surface area (Å²) < 4.78 is 0. The van der Waals surface area contributed by atoms with Gasteiger partial charge in [0.15, 0.2) is 0 Å². The molecule has 0 fully saturated rings. The molecule has 2 heteroatoms. The van der Waals surface area contributed by atoms with E-state index in [0.717, 1.165) is 24.9 Å². The lowest BCUT2D eigenvalue weighted by atomic mass is 9.83. The Labute approximate surface area is 122 Å². The van der Waals surface area contributed by atoms with Crippen LogP contribution in [0.25, 0.3) is 10.9 Å². The first-order valence-corrected chi connectivity index (χ1v) is 7.57. The maximum absolute atomic E-state index is 4.44. The molecule has 1 heterocycles. The minimum absolute atomic E-state index is 0.297. The number of benzene rings is 1. The van der Waals surface area contributed by atoms with Crippen LogP contribution in [0.3, 0.4) is 0 Å². The number of nitrogens with one attached hydrogen (secondary N) is 1. The van der Waals surface area contributed by atoms with E-state index in [4.69, 9.17) is 0 Å². The van der Waals surface area contributed by atoms with Crippen molar-refractivity contribution in [3.05, 3.63) is 42.1 Å². The summed E-state index contributed by atoms with van der Waals surface area (Å²) in [5, 5.41) is 4.83. The third-order valence-corrected chi connectivity index (χ3v) is 3.89. The Morgan fingerprint density at radius 2 is 2.00 bits per heavy atom. The first-order chi connectivity index (χ1) is 9.50. The zero-order chi connectivity index (χ0) is 14.6. The molecule has 0 aliphatic carbocycles. The van der Waals surface area contributed by atoms with Crippen molar-refractivity contribution in [2.75, 3.05) is 6.54 Å². The molecule has 0 radical (unpaired) electrons. The molecular weight excluding hydrogens is 244 g/mol. The molecule has 1 atom stereocenters. The molecule has 108 valence electrons. The fourth-order valence-electron chi connectivity index (χ4n) is 2.67. The van der Waals surface area contributed by atoms with Crippen LogP contribution in [0.4, 0.5) is 0 Å². The van der Waals surface area contributed by atoms with Crippen LogP contribution in [-0.2, 0) is 6.42 Å². The van der Waals surface area contributed by atoms with Gasteiger partial charge in [0.2, 0.25) is 0 Å². The lowest BCUT2D eigenvalue weighted by Gasteiger charge is -2.31. The van der Waals surface area contributed by atoms with Crippen molar-refractivity contribution in [2.45, 2.75) is 46.6 Å². The van der Waals surface area contributed by atoms with Crippen LogP contribution in [0.5, 0.6) is 0 Å². The van der Waals surface area contributed by atoms with Crippen LogP contribution < -0.4 is 5.32 Å². The lowest BCUT2D eigenvalue weighted by molar-refractivity contribution is 0.258. The highest BCUT2D eigenvalue weighted by Crippen LogP contribution is 2.24. The Morgan fingerprint density at radius 1 is 1.20 bits per heavy atom. The zero-order valence-electron chi connectivity index (χ0n) is 13.1. The Kier molecular flexibility index (Phi) is 4.77. The topological polar surface area (TPSA) is 24.9 Å². The maximum Gasteiger partial charge on any atom is 0.0704 e. The second-order valence-corrected chi connectivity index (χ2v) is 6.55. The number of pyridine rings is 1. The van der Waals surface area contributed by atoms with E-state index in [1.807, 2.05) is 12.3 Å². The van der Waals surface area contributed by atoms with E-state index < -0.39 is 0 Å². The molecule has 1 unspecified atom stereocenters. The van der Waals surface area contributed by atoms with Gasteiger partial charge in [-0.15, -0.1) is 0 Å². The predicted octanol–water partition coefficient (Wildman–Crippen LogP) is 4.19. The summed E-state index contributed by atoms with van der Waals surface area (Å²) in [6.07, 6.45) is 4.12. The number of fused-ring (bicyclic) bond motifs is 1. The van der Waals surface area contributed by atoms with E-state index >= 15 is 0 Å². The summed E-state index contributed by atoms with van der Waals surface area (Å²) >= 11 is 0. The third kappa shape index (κ3) is 3.80. The van der Waals surface area contributed by atoms with Crippen LogP contribution in [0.1, 0.15) is 39.7 Å². The van der Waals surface area contributed by atoms with E-state index in [-0.39, 0.29) is 0 Å². The minimum atomic E-state index is 0.297. The molecule has 2 rings (SSSR count). The van der Waals surface area contributed by atoms with Crippen LogP contribution >= 0.6 is 0 Å². The largest absolute Gasteiger partial charge is 0.314 e. The van der Waals surface area contributed by atoms with Gasteiger partial charge in [-0.25, -0.2) is 0 Å². The van der Waals surface area contributed by atoms with Gasteiger partial charge in [-0.1, -0.05) is 45.9 Å². The highest BCUT2D eigenvalue weighted by atomic mass is 14.9. The number of aromatic nitrogens is 1. The van der Waals surface area contributed by atoms with Gasteiger partial charge in [0, 0.05) is 17.6 Å². The van der Waals surface area contributed by atoms with E-state index in [0.29, 0.717) is 11.5 Å². The standard InChI is InChI=1S/C18H26N2/c1-5-19-17(18(2,3)4)11-9-14-8-10-15-7-6-12-20-16(15)13-14/h6-8,10,12-13,17,19H,5,9,11H2,1-4H3. The average molecular weight is 270 g/mol. The van der Waals surface area contributed by atoms with Crippen molar-refractivity contribution in [1.29, 1.82) is 0 Å². The van der Waals surface area contributed by atoms with Gasteiger partial charge >= 0.3 is 0 Å². The molecule has 0 saturated carbocycles. The fourth-order valence-corrected chi connectivity index (χ4v) is 2.67. The number of aryl methyl sites for hydroxylation is 1. The first kappa shape index (κ1) is 15.0. The monoisotopic (exact) mass is 270 g/mol. The number of hydrogen-bond donors (Lipinski definition) is 1. The van der Waals surface area contributed by atoms with E-state index in [9.17, 15) is 0 Å². The van der Waals surface area contributed by atoms with E-state index in [2.05, 4.69) is 62.3 Å². The Morgan fingerprint density at radius 3 is 2.70 bits per heavy atom. The molecule has 2 nitrogen and oxygen atoms in total.